The van der Waals surface area contributed by atoms with E-state index in [4.69, 9.17) is 14.2 Å². The van der Waals surface area contributed by atoms with Gasteiger partial charge < -0.3 is 29.2 Å². The number of ketones is 1. The first kappa shape index (κ1) is 24.0. The standard InChI is InChI=1S/C29H26N2O6/c1-35-18-12-13-24(37-3)20(14-18)27(32)25-26(21-15-30-22-10-6-5-9-19(21)22)31(29(34)28(25)33)16-17-8-4-7-11-23(17)36-2/h4-15,26,30,32H,16H2,1-3H3/b27-25+. The summed E-state index contributed by atoms with van der Waals surface area (Å²) in [6.07, 6.45) is 1.77. The summed E-state index contributed by atoms with van der Waals surface area (Å²) in [6.45, 7) is 0.102. The number of fused-ring (bicyclic) bond motifs is 1. The molecular weight excluding hydrogens is 472 g/mol. The Balaban J connectivity index is 1.74. The van der Waals surface area contributed by atoms with E-state index in [-0.39, 0.29) is 23.4 Å². The lowest BCUT2D eigenvalue weighted by molar-refractivity contribution is -0.140. The van der Waals surface area contributed by atoms with Crippen molar-refractivity contribution in [3.05, 3.63) is 95.2 Å². The van der Waals surface area contributed by atoms with Gasteiger partial charge in [-0.15, -0.1) is 0 Å². The molecule has 1 saturated heterocycles. The van der Waals surface area contributed by atoms with Crippen molar-refractivity contribution in [2.75, 3.05) is 21.3 Å². The molecule has 0 bridgehead atoms. The third-order valence-electron chi connectivity index (χ3n) is 6.65. The molecule has 1 fully saturated rings. The smallest absolute Gasteiger partial charge is 0.295 e. The van der Waals surface area contributed by atoms with Crippen LogP contribution in [0.25, 0.3) is 16.7 Å². The number of hydrogen-bond donors (Lipinski definition) is 2. The Kier molecular flexibility index (Phi) is 6.31. The number of aliphatic hydroxyl groups is 1. The number of aliphatic hydroxyl groups excluding tert-OH is 1. The van der Waals surface area contributed by atoms with Crippen LogP contribution in [0.1, 0.15) is 22.7 Å². The van der Waals surface area contributed by atoms with E-state index in [0.717, 1.165) is 16.5 Å². The maximum absolute atomic E-state index is 13.5. The number of H-pyrrole nitrogens is 1. The first-order valence-corrected chi connectivity index (χ1v) is 11.7. The monoisotopic (exact) mass is 498 g/mol. The fourth-order valence-corrected chi connectivity index (χ4v) is 4.85. The van der Waals surface area contributed by atoms with E-state index >= 15 is 0 Å². The Labute approximate surface area is 213 Å². The number of aromatic nitrogens is 1. The largest absolute Gasteiger partial charge is 0.507 e. The van der Waals surface area contributed by atoms with Gasteiger partial charge >= 0.3 is 0 Å². The van der Waals surface area contributed by atoms with Crippen molar-refractivity contribution in [2.45, 2.75) is 12.6 Å². The first-order valence-electron chi connectivity index (χ1n) is 11.7. The average Bonchev–Trinajstić information content (AvgIpc) is 3.46. The topological polar surface area (TPSA) is 101 Å². The number of amides is 1. The van der Waals surface area contributed by atoms with E-state index < -0.39 is 17.7 Å². The van der Waals surface area contributed by atoms with Crippen LogP contribution in [0.5, 0.6) is 17.2 Å². The zero-order chi connectivity index (χ0) is 26.1. The number of nitrogens with zero attached hydrogens (tertiary/aromatic N) is 1. The number of methoxy groups -OCH3 is 3. The van der Waals surface area contributed by atoms with Crippen LogP contribution in [0.15, 0.2) is 78.5 Å². The second-order valence-electron chi connectivity index (χ2n) is 8.59. The molecule has 37 heavy (non-hydrogen) atoms. The quantitative estimate of drug-likeness (QED) is 0.215. The first-order chi connectivity index (χ1) is 18.0. The highest BCUT2D eigenvalue weighted by atomic mass is 16.5. The van der Waals surface area contributed by atoms with Gasteiger partial charge in [0.1, 0.15) is 23.0 Å². The summed E-state index contributed by atoms with van der Waals surface area (Å²) in [5, 5.41) is 12.4. The van der Waals surface area contributed by atoms with E-state index in [0.29, 0.717) is 22.8 Å². The molecule has 1 aliphatic heterocycles. The van der Waals surface area contributed by atoms with E-state index in [1.807, 2.05) is 42.5 Å². The van der Waals surface area contributed by atoms with Crippen LogP contribution in [0.3, 0.4) is 0 Å². The highest BCUT2D eigenvalue weighted by Gasteiger charge is 2.47. The van der Waals surface area contributed by atoms with Gasteiger partial charge in [0.05, 0.1) is 45.1 Å². The van der Waals surface area contributed by atoms with Gasteiger partial charge in [0.2, 0.25) is 0 Å². The molecule has 1 atom stereocenters. The number of aromatic amines is 1. The molecular formula is C29H26N2O6. The second-order valence-corrected chi connectivity index (χ2v) is 8.59. The maximum Gasteiger partial charge on any atom is 0.295 e. The fourth-order valence-electron chi connectivity index (χ4n) is 4.85. The molecule has 2 N–H and O–H groups in total. The van der Waals surface area contributed by atoms with Crippen LogP contribution in [0, 0.1) is 0 Å². The minimum Gasteiger partial charge on any atom is -0.507 e. The van der Waals surface area contributed by atoms with Crippen LogP contribution >= 0.6 is 0 Å². The van der Waals surface area contributed by atoms with Gasteiger partial charge in [-0.2, -0.15) is 0 Å². The number of carbonyl (C=O) groups is 2. The number of hydrogen-bond acceptors (Lipinski definition) is 6. The van der Waals surface area contributed by atoms with Crippen LogP contribution < -0.4 is 14.2 Å². The average molecular weight is 499 g/mol. The van der Waals surface area contributed by atoms with E-state index in [1.54, 1.807) is 37.6 Å². The third-order valence-corrected chi connectivity index (χ3v) is 6.65. The number of rotatable bonds is 7. The summed E-state index contributed by atoms with van der Waals surface area (Å²) in [4.78, 5) is 31.7. The molecule has 5 rings (SSSR count). The van der Waals surface area contributed by atoms with Gasteiger partial charge in [-0.25, -0.2) is 0 Å². The van der Waals surface area contributed by atoms with Gasteiger partial charge in [0.15, 0.2) is 0 Å². The Bertz CT molecular complexity index is 1540. The Morgan fingerprint density at radius 1 is 0.919 bits per heavy atom. The second kappa shape index (κ2) is 9.73. The van der Waals surface area contributed by atoms with Crippen molar-refractivity contribution in [1.29, 1.82) is 0 Å². The third kappa shape index (κ3) is 4.06. The molecule has 0 aliphatic carbocycles. The predicted octanol–water partition coefficient (Wildman–Crippen LogP) is 4.82. The SMILES string of the molecule is COc1ccc(OC)c(/C(O)=C2\C(=O)C(=O)N(Cc3ccccc3OC)C2c2c[nH]c3ccccc23)c1. The molecule has 0 radical (unpaired) electrons. The molecule has 0 saturated carbocycles. The molecule has 1 aliphatic rings. The normalized spacial score (nSPS) is 16.8. The van der Waals surface area contributed by atoms with Crippen molar-refractivity contribution in [3.8, 4) is 17.2 Å². The fraction of sp³-hybridized carbons (Fsp3) is 0.172. The molecule has 1 unspecified atom stereocenters. The van der Waals surface area contributed by atoms with Gasteiger partial charge in [-0.1, -0.05) is 36.4 Å². The molecule has 4 aromatic rings. The predicted molar refractivity (Wildman–Crippen MR) is 139 cm³/mol. The van der Waals surface area contributed by atoms with Crippen LogP contribution in [-0.2, 0) is 16.1 Å². The summed E-state index contributed by atoms with van der Waals surface area (Å²) < 4.78 is 16.3. The Morgan fingerprint density at radius 2 is 1.65 bits per heavy atom. The molecule has 3 aromatic carbocycles. The summed E-state index contributed by atoms with van der Waals surface area (Å²) in [7, 11) is 4.53. The molecule has 0 spiro atoms. The van der Waals surface area contributed by atoms with Crippen LogP contribution in [-0.4, -0.2) is 48.0 Å². The zero-order valence-electron chi connectivity index (χ0n) is 20.6. The van der Waals surface area contributed by atoms with Crippen molar-refractivity contribution in [1.82, 2.24) is 9.88 Å². The summed E-state index contributed by atoms with van der Waals surface area (Å²) in [6, 6.07) is 19.0. The molecule has 8 heteroatoms. The van der Waals surface area contributed by atoms with Gasteiger partial charge in [-0.05, 0) is 30.3 Å². The minimum atomic E-state index is -0.864. The highest BCUT2D eigenvalue weighted by molar-refractivity contribution is 6.46. The number of ether oxygens (including phenoxy) is 3. The van der Waals surface area contributed by atoms with Crippen molar-refractivity contribution in [3.63, 3.8) is 0 Å². The molecule has 8 nitrogen and oxygen atoms in total. The lowest BCUT2D eigenvalue weighted by Crippen LogP contribution is -2.29. The van der Waals surface area contributed by atoms with Gasteiger partial charge in [-0.3, -0.25) is 9.59 Å². The minimum absolute atomic E-state index is 0.0313. The molecule has 188 valence electrons. The van der Waals surface area contributed by atoms with E-state index in [1.165, 1.54) is 19.1 Å². The number of para-hydroxylation sites is 2. The molecule has 1 amide bonds. The van der Waals surface area contributed by atoms with Crippen molar-refractivity contribution in [2.24, 2.45) is 0 Å². The maximum atomic E-state index is 13.5. The number of carbonyl (C=O) groups excluding carboxylic acids is 2. The number of likely N-dealkylation sites (tertiary alicyclic amines) is 1. The highest BCUT2D eigenvalue weighted by Crippen LogP contribution is 2.44. The summed E-state index contributed by atoms with van der Waals surface area (Å²) >= 11 is 0. The summed E-state index contributed by atoms with van der Waals surface area (Å²) in [5.41, 5.74) is 2.49. The summed E-state index contributed by atoms with van der Waals surface area (Å²) in [5.74, 6) is -0.443. The Morgan fingerprint density at radius 3 is 2.41 bits per heavy atom. The van der Waals surface area contributed by atoms with Gasteiger partial charge in [0.25, 0.3) is 11.7 Å². The van der Waals surface area contributed by atoms with Crippen LogP contribution in [0.2, 0.25) is 0 Å². The van der Waals surface area contributed by atoms with E-state index in [2.05, 4.69) is 4.98 Å². The zero-order valence-corrected chi connectivity index (χ0v) is 20.6. The number of nitrogens with one attached hydrogen (secondary N) is 1. The molecule has 2 heterocycles. The van der Waals surface area contributed by atoms with Crippen molar-refractivity contribution < 1.29 is 28.9 Å². The van der Waals surface area contributed by atoms with E-state index in [9.17, 15) is 14.7 Å². The van der Waals surface area contributed by atoms with Crippen LogP contribution in [0.4, 0.5) is 0 Å². The Hall–Kier alpha value is -4.72. The van der Waals surface area contributed by atoms with Gasteiger partial charge in [0, 0.05) is 28.2 Å². The molecule has 1 aromatic heterocycles. The van der Waals surface area contributed by atoms with Crippen molar-refractivity contribution >= 4 is 28.4 Å². The number of Topliss-reactive ketones (excluding diaryl/α,β-unsaturated/α-hetero) is 1. The number of benzene rings is 3. The lowest BCUT2D eigenvalue weighted by Gasteiger charge is -2.26. The lowest BCUT2D eigenvalue weighted by atomic mass is 9.94.